The van der Waals surface area contributed by atoms with E-state index in [2.05, 4.69) is 20.8 Å². The zero-order valence-corrected chi connectivity index (χ0v) is 16.6. The second kappa shape index (κ2) is 9.97. The number of anilines is 1. The Morgan fingerprint density at radius 1 is 1.36 bits per heavy atom. The molecule has 1 aromatic rings. The number of halogens is 3. The van der Waals surface area contributed by atoms with Crippen molar-refractivity contribution in [1.82, 2.24) is 20.8 Å². The molecular formula is C17H24F3N5O2S. The predicted molar refractivity (Wildman–Crippen MR) is 99.9 cm³/mol. The van der Waals surface area contributed by atoms with E-state index in [-0.39, 0.29) is 23.1 Å². The lowest BCUT2D eigenvalue weighted by Gasteiger charge is -2.19. The normalized spacial score (nSPS) is 19.2. The van der Waals surface area contributed by atoms with E-state index in [1.807, 2.05) is 6.92 Å². The first-order valence-electron chi connectivity index (χ1n) is 9.12. The van der Waals surface area contributed by atoms with Gasteiger partial charge in [0.2, 0.25) is 16.0 Å². The summed E-state index contributed by atoms with van der Waals surface area (Å²) in [6.07, 6.45) is 2.64. The van der Waals surface area contributed by atoms with Crippen LogP contribution in [0.25, 0.3) is 0 Å². The summed E-state index contributed by atoms with van der Waals surface area (Å²) in [5.74, 6) is -0.664. The molecule has 0 spiro atoms. The SMILES string of the molecule is CCC(C=CC(=O)N(C)c1nnc(C(F)(F)F)s1)NC(=O)C1CCCCCN1. The lowest BCUT2D eigenvalue weighted by molar-refractivity contribution is -0.138. The molecular weight excluding hydrogens is 395 g/mol. The van der Waals surface area contributed by atoms with E-state index in [1.54, 1.807) is 6.08 Å². The molecule has 156 valence electrons. The number of carbonyl (C=O) groups is 2. The highest BCUT2D eigenvalue weighted by Crippen LogP contribution is 2.34. The van der Waals surface area contributed by atoms with Gasteiger partial charge in [0.1, 0.15) is 0 Å². The second-order valence-electron chi connectivity index (χ2n) is 6.52. The molecule has 1 aliphatic rings. The second-order valence-corrected chi connectivity index (χ2v) is 7.48. The molecule has 2 unspecified atom stereocenters. The fourth-order valence-corrected chi connectivity index (χ4v) is 3.37. The van der Waals surface area contributed by atoms with Crippen LogP contribution >= 0.6 is 11.3 Å². The Morgan fingerprint density at radius 2 is 2.11 bits per heavy atom. The van der Waals surface area contributed by atoms with Gasteiger partial charge in [0.05, 0.1) is 6.04 Å². The highest BCUT2D eigenvalue weighted by atomic mass is 32.1. The summed E-state index contributed by atoms with van der Waals surface area (Å²) in [6.45, 7) is 2.67. The zero-order valence-electron chi connectivity index (χ0n) is 15.8. The first-order valence-corrected chi connectivity index (χ1v) is 9.94. The van der Waals surface area contributed by atoms with Gasteiger partial charge >= 0.3 is 6.18 Å². The summed E-state index contributed by atoms with van der Waals surface area (Å²) in [5.41, 5.74) is 0. The van der Waals surface area contributed by atoms with Crippen LogP contribution in [0.15, 0.2) is 12.2 Å². The number of likely N-dealkylation sites (N-methyl/N-ethyl adjacent to an activating group) is 1. The molecule has 1 saturated heterocycles. The van der Waals surface area contributed by atoms with E-state index in [1.165, 1.54) is 13.1 Å². The van der Waals surface area contributed by atoms with Crippen molar-refractivity contribution in [2.24, 2.45) is 0 Å². The molecule has 2 rings (SSSR count). The van der Waals surface area contributed by atoms with Crippen LogP contribution in [0.3, 0.4) is 0 Å². The Hall–Kier alpha value is -2.01. The third kappa shape index (κ3) is 6.26. The molecule has 0 aliphatic carbocycles. The maximum atomic E-state index is 12.6. The van der Waals surface area contributed by atoms with Crippen molar-refractivity contribution in [2.75, 3.05) is 18.5 Å². The number of alkyl halides is 3. The third-order valence-corrected chi connectivity index (χ3v) is 5.43. The Morgan fingerprint density at radius 3 is 2.75 bits per heavy atom. The predicted octanol–water partition coefficient (Wildman–Crippen LogP) is 2.50. The van der Waals surface area contributed by atoms with Gasteiger partial charge in [-0.15, -0.1) is 10.2 Å². The largest absolute Gasteiger partial charge is 0.445 e. The van der Waals surface area contributed by atoms with Crippen LogP contribution in [0, 0.1) is 0 Å². The summed E-state index contributed by atoms with van der Waals surface area (Å²) in [4.78, 5) is 25.6. The summed E-state index contributed by atoms with van der Waals surface area (Å²) >= 11 is 0.294. The van der Waals surface area contributed by atoms with Crippen molar-refractivity contribution < 1.29 is 22.8 Å². The fourth-order valence-electron chi connectivity index (χ4n) is 2.69. The number of aromatic nitrogens is 2. The van der Waals surface area contributed by atoms with Crippen molar-refractivity contribution in [2.45, 2.75) is 57.3 Å². The Kier molecular flexibility index (Phi) is 7.93. The average Bonchev–Trinajstić information content (AvgIpc) is 3.00. The molecule has 1 aromatic heterocycles. The van der Waals surface area contributed by atoms with Gasteiger partial charge in [-0.1, -0.05) is 37.2 Å². The molecule has 0 bridgehead atoms. The zero-order chi connectivity index (χ0) is 20.7. The van der Waals surface area contributed by atoms with Gasteiger partial charge in [-0.25, -0.2) is 0 Å². The van der Waals surface area contributed by atoms with Crippen LogP contribution < -0.4 is 15.5 Å². The monoisotopic (exact) mass is 419 g/mol. The van der Waals surface area contributed by atoms with Crippen molar-refractivity contribution in [3.8, 4) is 0 Å². The number of amides is 2. The van der Waals surface area contributed by atoms with Gasteiger partial charge in [0, 0.05) is 19.2 Å². The first-order chi connectivity index (χ1) is 13.2. The summed E-state index contributed by atoms with van der Waals surface area (Å²) < 4.78 is 37.8. The molecule has 2 heterocycles. The van der Waals surface area contributed by atoms with Gasteiger partial charge in [0.15, 0.2) is 0 Å². The number of nitrogens with one attached hydrogen (secondary N) is 2. The van der Waals surface area contributed by atoms with Crippen molar-refractivity contribution in [1.29, 1.82) is 0 Å². The highest BCUT2D eigenvalue weighted by molar-refractivity contribution is 7.15. The third-order valence-electron chi connectivity index (χ3n) is 4.39. The highest BCUT2D eigenvalue weighted by Gasteiger charge is 2.36. The van der Waals surface area contributed by atoms with Crippen molar-refractivity contribution >= 4 is 28.3 Å². The summed E-state index contributed by atoms with van der Waals surface area (Å²) in [7, 11) is 1.32. The molecule has 1 aliphatic heterocycles. The number of carbonyl (C=O) groups excluding carboxylic acids is 2. The number of nitrogens with zero attached hydrogens (tertiary/aromatic N) is 3. The number of hydrogen-bond acceptors (Lipinski definition) is 6. The molecule has 1 fully saturated rings. The van der Waals surface area contributed by atoms with E-state index in [0.717, 1.165) is 37.1 Å². The Labute approximate surface area is 165 Å². The van der Waals surface area contributed by atoms with Crippen molar-refractivity contribution in [3.05, 3.63) is 17.2 Å². The standard InChI is InChI=1S/C17H24F3N5O2S/c1-3-11(22-14(27)12-7-5-4-6-10-21-12)8-9-13(26)25(2)16-24-23-15(28-16)17(18,19)20/h8-9,11-12,21H,3-7,10H2,1-2H3,(H,22,27). The summed E-state index contributed by atoms with van der Waals surface area (Å²) in [5, 5.41) is 11.3. The molecule has 28 heavy (non-hydrogen) atoms. The molecule has 0 aromatic carbocycles. The molecule has 7 nitrogen and oxygen atoms in total. The molecule has 2 atom stereocenters. The Bertz CT molecular complexity index is 699. The van der Waals surface area contributed by atoms with E-state index in [0.29, 0.717) is 17.8 Å². The van der Waals surface area contributed by atoms with E-state index in [9.17, 15) is 22.8 Å². The maximum absolute atomic E-state index is 12.6. The van der Waals surface area contributed by atoms with Gasteiger partial charge in [-0.3, -0.25) is 14.5 Å². The van der Waals surface area contributed by atoms with Gasteiger partial charge in [-0.05, 0) is 25.8 Å². The van der Waals surface area contributed by atoms with Crippen LogP contribution in [-0.2, 0) is 15.8 Å². The lowest BCUT2D eigenvalue weighted by atomic mass is 10.1. The quantitative estimate of drug-likeness (QED) is 0.692. The molecule has 2 amide bonds. The molecule has 2 N–H and O–H groups in total. The minimum Gasteiger partial charge on any atom is -0.349 e. The Balaban J connectivity index is 1.94. The number of rotatable bonds is 6. The topological polar surface area (TPSA) is 87.2 Å². The first kappa shape index (κ1) is 22.3. The van der Waals surface area contributed by atoms with Crippen LogP contribution in [0.4, 0.5) is 18.3 Å². The fraction of sp³-hybridized carbons (Fsp3) is 0.647. The van der Waals surface area contributed by atoms with Gasteiger partial charge < -0.3 is 10.6 Å². The minimum atomic E-state index is -4.60. The minimum absolute atomic E-state index is 0.113. The van der Waals surface area contributed by atoms with E-state index < -0.39 is 17.1 Å². The van der Waals surface area contributed by atoms with Crippen LogP contribution in [-0.4, -0.2) is 47.7 Å². The maximum Gasteiger partial charge on any atom is 0.445 e. The molecule has 0 saturated carbocycles. The summed E-state index contributed by atoms with van der Waals surface area (Å²) in [6, 6.07) is -0.597. The van der Waals surface area contributed by atoms with Crippen LogP contribution in [0.1, 0.15) is 44.0 Å². The van der Waals surface area contributed by atoms with Gasteiger partial charge in [-0.2, -0.15) is 13.2 Å². The van der Waals surface area contributed by atoms with E-state index >= 15 is 0 Å². The van der Waals surface area contributed by atoms with Crippen molar-refractivity contribution in [3.63, 3.8) is 0 Å². The lowest BCUT2D eigenvalue weighted by Crippen LogP contribution is -2.47. The smallest absolute Gasteiger partial charge is 0.349 e. The van der Waals surface area contributed by atoms with Crippen LogP contribution in [0.2, 0.25) is 0 Å². The van der Waals surface area contributed by atoms with E-state index in [4.69, 9.17) is 0 Å². The molecule has 11 heteroatoms. The van der Waals surface area contributed by atoms with Crippen LogP contribution in [0.5, 0.6) is 0 Å². The number of hydrogen-bond donors (Lipinski definition) is 2. The van der Waals surface area contributed by atoms with Gasteiger partial charge in [0.25, 0.3) is 5.91 Å². The molecule has 0 radical (unpaired) electrons. The average molecular weight is 419 g/mol.